The highest BCUT2D eigenvalue weighted by molar-refractivity contribution is 5.78. The van der Waals surface area contributed by atoms with E-state index >= 15 is 0 Å². The number of pyridine rings is 1. The summed E-state index contributed by atoms with van der Waals surface area (Å²) in [5.41, 5.74) is 4.27. The molecule has 6 aliphatic rings. The van der Waals surface area contributed by atoms with Crippen molar-refractivity contribution < 1.29 is 4.79 Å². The molecule has 1 amide bonds. The zero-order valence-corrected chi connectivity index (χ0v) is 21.9. The summed E-state index contributed by atoms with van der Waals surface area (Å²) in [6.07, 6.45) is 8.19. The van der Waals surface area contributed by atoms with Crippen molar-refractivity contribution in [2.24, 2.45) is 5.92 Å². The van der Waals surface area contributed by atoms with Gasteiger partial charge in [-0.2, -0.15) is 0 Å². The maximum atomic E-state index is 12.7. The number of carbonyl (C=O) groups is 1. The third-order valence-corrected chi connectivity index (χ3v) is 7.56. The van der Waals surface area contributed by atoms with Crippen molar-refractivity contribution in [1.82, 2.24) is 35.0 Å². The van der Waals surface area contributed by atoms with Gasteiger partial charge in [-0.15, -0.1) is 0 Å². The molecule has 9 rings (SSSR count). The van der Waals surface area contributed by atoms with Gasteiger partial charge >= 0.3 is 0 Å². The van der Waals surface area contributed by atoms with Crippen LogP contribution >= 0.6 is 0 Å². The molecule has 0 atom stereocenters. The molecule has 1 aliphatic carbocycles. The monoisotopic (exact) mass is 512 g/mol. The van der Waals surface area contributed by atoms with Crippen LogP contribution in [0.4, 0.5) is 11.5 Å². The molecule has 1 aromatic carbocycles. The van der Waals surface area contributed by atoms with Crippen LogP contribution in [0.25, 0.3) is 11.1 Å². The summed E-state index contributed by atoms with van der Waals surface area (Å²) in [6, 6.07) is 12.5. The van der Waals surface area contributed by atoms with E-state index < -0.39 is 0 Å². The van der Waals surface area contributed by atoms with Gasteiger partial charge in [-0.1, -0.05) is 12.1 Å². The number of benzene rings is 1. The molecule has 38 heavy (non-hydrogen) atoms. The van der Waals surface area contributed by atoms with E-state index in [1.165, 1.54) is 18.4 Å². The fourth-order valence-corrected chi connectivity index (χ4v) is 5.24. The van der Waals surface area contributed by atoms with Gasteiger partial charge in [-0.3, -0.25) is 19.5 Å². The van der Waals surface area contributed by atoms with Gasteiger partial charge < -0.3 is 10.6 Å². The number of nitrogens with one attached hydrogen (secondary N) is 2. The summed E-state index contributed by atoms with van der Waals surface area (Å²) in [5.74, 6) is 2.47. The topological polar surface area (TPSA) is 89.5 Å². The predicted molar refractivity (Wildman–Crippen MR) is 148 cm³/mol. The lowest BCUT2D eigenvalue weighted by Gasteiger charge is -2.34. The van der Waals surface area contributed by atoms with Gasteiger partial charge in [0.1, 0.15) is 11.6 Å². The molecular formula is C29H36N8O. The van der Waals surface area contributed by atoms with Gasteiger partial charge in [-0.05, 0) is 54.2 Å². The van der Waals surface area contributed by atoms with E-state index in [4.69, 9.17) is 0 Å². The molecule has 8 bridgehead atoms. The van der Waals surface area contributed by atoms with Gasteiger partial charge in [0.15, 0.2) is 0 Å². The van der Waals surface area contributed by atoms with E-state index in [9.17, 15) is 4.79 Å². The van der Waals surface area contributed by atoms with Crippen LogP contribution in [0.1, 0.15) is 24.2 Å². The van der Waals surface area contributed by atoms with Crippen molar-refractivity contribution >= 4 is 17.4 Å². The molecule has 3 aromatic rings. The average molecular weight is 513 g/mol. The number of rotatable bonds is 2. The van der Waals surface area contributed by atoms with Gasteiger partial charge in [-0.25, -0.2) is 15.0 Å². The number of hydrogen-bond donors (Lipinski definition) is 2. The summed E-state index contributed by atoms with van der Waals surface area (Å²) >= 11 is 0. The molecule has 7 heterocycles. The highest BCUT2D eigenvalue weighted by Crippen LogP contribution is 2.30. The number of nitrogens with zero attached hydrogens (tertiary/aromatic N) is 6. The van der Waals surface area contributed by atoms with Crippen LogP contribution in [0.3, 0.4) is 0 Å². The molecule has 2 aromatic heterocycles. The summed E-state index contributed by atoms with van der Waals surface area (Å²) in [6.45, 7) is 8.26. The Morgan fingerprint density at radius 1 is 0.842 bits per heavy atom. The van der Waals surface area contributed by atoms with Crippen LogP contribution in [0.15, 0.2) is 55.0 Å². The second-order valence-corrected chi connectivity index (χ2v) is 10.7. The van der Waals surface area contributed by atoms with E-state index in [-0.39, 0.29) is 5.91 Å². The van der Waals surface area contributed by atoms with Crippen LogP contribution < -0.4 is 10.6 Å². The zero-order chi connectivity index (χ0) is 25.7. The summed E-state index contributed by atoms with van der Waals surface area (Å²) in [7, 11) is 0. The lowest BCUT2D eigenvalue weighted by molar-refractivity contribution is -0.122. The second kappa shape index (κ2) is 11.6. The van der Waals surface area contributed by atoms with Gasteiger partial charge in [0.05, 0.1) is 13.1 Å². The number of piperazine rings is 1. The fourth-order valence-electron chi connectivity index (χ4n) is 5.24. The first-order chi connectivity index (χ1) is 18.7. The molecule has 1 saturated carbocycles. The maximum Gasteiger partial charge on any atom is 0.234 e. The largest absolute Gasteiger partial charge is 0.354 e. The Morgan fingerprint density at radius 3 is 2.42 bits per heavy atom. The van der Waals surface area contributed by atoms with Crippen LogP contribution in [0, 0.1) is 5.92 Å². The van der Waals surface area contributed by atoms with Crippen LogP contribution in [0.5, 0.6) is 0 Å². The molecule has 5 aliphatic heterocycles. The minimum atomic E-state index is 0.109. The minimum absolute atomic E-state index is 0.109. The predicted octanol–water partition coefficient (Wildman–Crippen LogP) is 2.74. The SMILES string of the molecule is O=C1CN2CCN(CC2)Cc2cccc(c2)Nc2cc(ccn2)-c2cnc(nc2)CN(CC2CC2)CCN1. The molecule has 9 heteroatoms. The molecule has 2 fully saturated rings. The van der Waals surface area contributed by atoms with Crippen molar-refractivity contribution in [1.29, 1.82) is 0 Å². The smallest absolute Gasteiger partial charge is 0.234 e. The summed E-state index contributed by atoms with van der Waals surface area (Å²) in [4.78, 5) is 33.7. The minimum Gasteiger partial charge on any atom is -0.354 e. The van der Waals surface area contributed by atoms with Crippen molar-refractivity contribution in [3.05, 3.63) is 66.4 Å². The fraction of sp³-hybridized carbons (Fsp3) is 0.448. The zero-order valence-electron chi connectivity index (χ0n) is 21.9. The lowest BCUT2D eigenvalue weighted by atomic mass is 10.1. The summed E-state index contributed by atoms with van der Waals surface area (Å²) < 4.78 is 0. The molecule has 0 unspecified atom stereocenters. The first-order valence-corrected chi connectivity index (χ1v) is 13.7. The normalized spacial score (nSPS) is 23.0. The number of carbonyl (C=O) groups excluding carboxylic acids is 1. The first-order valence-electron chi connectivity index (χ1n) is 13.7. The van der Waals surface area contributed by atoms with Gasteiger partial charge in [0.2, 0.25) is 5.91 Å². The molecule has 1 saturated heterocycles. The Labute approximate surface area is 224 Å². The standard InChI is InChI=1S/C29H36N8O/c38-29-21-36-12-10-35(11-13-36)19-23-2-1-3-26(14-23)34-27-15-24(6-7-30-27)25-16-32-28(33-17-25)20-37(9-8-31-29)18-22-4-5-22/h1-3,6-7,14-17,22H,4-5,8-13,18-21H2,(H,30,34)(H,31,38). The highest BCUT2D eigenvalue weighted by Gasteiger charge is 2.25. The van der Waals surface area contributed by atoms with Gasteiger partial charge in [0, 0.05) is 82.2 Å². The Kier molecular flexibility index (Phi) is 7.57. The molecule has 0 radical (unpaired) electrons. The van der Waals surface area contributed by atoms with Crippen molar-refractivity contribution in [3.8, 4) is 11.1 Å². The van der Waals surface area contributed by atoms with Crippen molar-refractivity contribution in [2.45, 2.75) is 25.9 Å². The Bertz CT molecular complexity index is 1240. The van der Waals surface area contributed by atoms with Gasteiger partial charge in [0.25, 0.3) is 0 Å². The van der Waals surface area contributed by atoms with E-state index in [2.05, 4.69) is 64.6 Å². The first kappa shape index (κ1) is 24.9. The lowest BCUT2D eigenvalue weighted by Crippen LogP contribution is -2.49. The van der Waals surface area contributed by atoms with E-state index in [1.54, 1.807) is 0 Å². The average Bonchev–Trinajstić information content (AvgIpc) is 3.74. The van der Waals surface area contributed by atoms with E-state index in [0.29, 0.717) is 19.6 Å². The quantitative estimate of drug-likeness (QED) is 0.542. The van der Waals surface area contributed by atoms with E-state index in [1.807, 2.05) is 30.7 Å². The summed E-state index contributed by atoms with van der Waals surface area (Å²) in [5, 5.41) is 6.61. The highest BCUT2D eigenvalue weighted by atomic mass is 16.2. The molecular weight excluding hydrogens is 476 g/mol. The van der Waals surface area contributed by atoms with Crippen molar-refractivity contribution in [2.75, 3.05) is 57.7 Å². The van der Waals surface area contributed by atoms with Crippen LogP contribution in [-0.4, -0.2) is 87.9 Å². The Balaban J connectivity index is 1.23. The number of aromatic nitrogens is 3. The molecule has 0 spiro atoms. The Hall–Kier alpha value is -3.40. The van der Waals surface area contributed by atoms with Crippen LogP contribution in [-0.2, 0) is 17.9 Å². The molecule has 9 nitrogen and oxygen atoms in total. The molecule has 2 N–H and O–H groups in total. The Morgan fingerprint density at radius 2 is 1.63 bits per heavy atom. The molecule has 198 valence electrons. The second-order valence-electron chi connectivity index (χ2n) is 10.7. The number of anilines is 2. The van der Waals surface area contributed by atoms with Crippen molar-refractivity contribution in [3.63, 3.8) is 0 Å². The van der Waals surface area contributed by atoms with Crippen LogP contribution in [0.2, 0.25) is 0 Å². The number of hydrogen-bond acceptors (Lipinski definition) is 8. The van der Waals surface area contributed by atoms with E-state index in [0.717, 1.165) is 80.2 Å². The third kappa shape index (κ3) is 6.72. The third-order valence-electron chi connectivity index (χ3n) is 7.56. The maximum absolute atomic E-state index is 12.7. The number of amides is 1.